The summed E-state index contributed by atoms with van der Waals surface area (Å²) in [5.74, 6) is 0.106. The summed E-state index contributed by atoms with van der Waals surface area (Å²) in [5.41, 5.74) is 0.861. The molecule has 0 unspecified atom stereocenters. The summed E-state index contributed by atoms with van der Waals surface area (Å²) in [6.45, 7) is 1.32. The Bertz CT molecular complexity index is 1250. The van der Waals surface area contributed by atoms with Crippen LogP contribution in [0.5, 0.6) is 11.5 Å². The number of furan rings is 1. The van der Waals surface area contributed by atoms with Gasteiger partial charge in [0.2, 0.25) is 5.91 Å². The molecule has 0 atom stereocenters. The monoisotopic (exact) mass is 473 g/mol. The van der Waals surface area contributed by atoms with E-state index in [0.717, 1.165) is 0 Å². The fourth-order valence-electron chi connectivity index (χ4n) is 2.92. The van der Waals surface area contributed by atoms with Crippen LogP contribution in [-0.4, -0.2) is 41.0 Å². The Balaban J connectivity index is 1.72. The molecule has 33 heavy (non-hydrogen) atoms. The largest absolute Gasteiger partial charge is 0.497 e. The van der Waals surface area contributed by atoms with Gasteiger partial charge in [-0.3, -0.25) is 14.3 Å². The lowest BCUT2D eigenvalue weighted by Gasteiger charge is -2.14. The molecule has 3 rings (SSSR count). The van der Waals surface area contributed by atoms with E-state index < -0.39 is 21.8 Å². The van der Waals surface area contributed by atoms with Crippen molar-refractivity contribution in [1.29, 1.82) is 0 Å². The zero-order valence-corrected chi connectivity index (χ0v) is 19.0. The molecule has 174 valence electrons. The molecular formula is C22H23N3O7S. The van der Waals surface area contributed by atoms with Crippen molar-refractivity contribution in [3.63, 3.8) is 0 Å². The summed E-state index contributed by atoms with van der Waals surface area (Å²) in [7, 11) is -1.19. The van der Waals surface area contributed by atoms with Gasteiger partial charge in [-0.2, -0.15) is 0 Å². The number of ether oxygens (including phenoxy) is 2. The van der Waals surface area contributed by atoms with E-state index in [4.69, 9.17) is 13.9 Å². The van der Waals surface area contributed by atoms with Crippen molar-refractivity contribution >= 4 is 33.2 Å². The molecule has 0 saturated heterocycles. The number of hydrogen-bond donors (Lipinski definition) is 3. The summed E-state index contributed by atoms with van der Waals surface area (Å²) in [5, 5.41) is 5.04. The molecule has 1 aromatic heterocycles. The van der Waals surface area contributed by atoms with Crippen LogP contribution >= 0.6 is 0 Å². The van der Waals surface area contributed by atoms with E-state index in [2.05, 4.69) is 15.4 Å². The van der Waals surface area contributed by atoms with Gasteiger partial charge in [-0.25, -0.2) is 8.42 Å². The summed E-state index contributed by atoms with van der Waals surface area (Å²) in [6, 6.07) is 12.0. The molecule has 3 N–H and O–H groups in total. The van der Waals surface area contributed by atoms with Crippen molar-refractivity contribution < 1.29 is 31.9 Å². The normalized spacial score (nSPS) is 10.9. The van der Waals surface area contributed by atoms with E-state index in [1.54, 1.807) is 31.2 Å². The predicted octanol–water partition coefficient (Wildman–Crippen LogP) is 2.77. The van der Waals surface area contributed by atoms with E-state index >= 15 is 0 Å². The molecular weight excluding hydrogens is 450 g/mol. The lowest BCUT2D eigenvalue weighted by molar-refractivity contribution is -0.115. The van der Waals surface area contributed by atoms with Crippen LogP contribution in [0.2, 0.25) is 0 Å². The minimum atomic E-state index is -4.04. The van der Waals surface area contributed by atoms with Crippen LogP contribution < -0.4 is 24.8 Å². The predicted molar refractivity (Wildman–Crippen MR) is 121 cm³/mol. The number of sulfonamides is 1. The van der Waals surface area contributed by atoms with E-state index in [0.29, 0.717) is 22.8 Å². The number of amides is 2. The van der Waals surface area contributed by atoms with Gasteiger partial charge in [-0.15, -0.1) is 0 Å². The van der Waals surface area contributed by atoms with Crippen LogP contribution in [-0.2, 0) is 14.8 Å². The third kappa shape index (κ3) is 5.83. The van der Waals surface area contributed by atoms with Gasteiger partial charge in [0, 0.05) is 11.4 Å². The Morgan fingerprint density at radius 1 is 0.970 bits per heavy atom. The molecule has 1 heterocycles. The van der Waals surface area contributed by atoms with Crippen molar-refractivity contribution in [3.05, 3.63) is 66.1 Å². The first kappa shape index (κ1) is 23.7. The molecule has 0 fully saturated rings. The van der Waals surface area contributed by atoms with Crippen LogP contribution in [0.1, 0.15) is 16.1 Å². The number of anilines is 2. The van der Waals surface area contributed by atoms with E-state index in [9.17, 15) is 18.0 Å². The first-order valence-corrected chi connectivity index (χ1v) is 11.2. The SMILES string of the molecule is COc1ccc(NS(=O)(=O)c2cc(NC(=O)CNC(=O)c3ccoc3C)ccc2OC)cc1. The van der Waals surface area contributed by atoms with Crippen LogP contribution in [0.25, 0.3) is 0 Å². The number of hydrogen-bond acceptors (Lipinski definition) is 7. The molecule has 0 radical (unpaired) electrons. The fraction of sp³-hybridized carbons (Fsp3) is 0.182. The number of rotatable bonds is 9. The van der Waals surface area contributed by atoms with E-state index in [1.807, 2.05) is 0 Å². The topological polar surface area (TPSA) is 136 Å². The molecule has 0 aliphatic heterocycles. The second kappa shape index (κ2) is 10.1. The molecule has 2 amide bonds. The average molecular weight is 474 g/mol. The molecule has 0 aliphatic rings. The van der Waals surface area contributed by atoms with Crippen molar-refractivity contribution in [2.75, 3.05) is 30.8 Å². The van der Waals surface area contributed by atoms with Crippen molar-refractivity contribution in [1.82, 2.24) is 5.32 Å². The molecule has 10 nitrogen and oxygen atoms in total. The number of aryl methyl sites for hydroxylation is 1. The summed E-state index contributed by atoms with van der Waals surface area (Å²) >= 11 is 0. The third-order valence-electron chi connectivity index (χ3n) is 4.59. The summed E-state index contributed by atoms with van der Waals surface area (Å²) in [4.78, 5) is 24.2. The highest BCUT2D eigenvalue weighted by Crippen LogP contribution is 2.29. The highest BCUT2D eigenvalue weighted by Gasteiger charge is 2.21. The van der Waals surface area contributed by atoms with Gasteiger partial charge in [0.05, 0.1) is 32.6 Å². The fourth-order valence-corrected chi connectivity index (χ4v) is 4.17. The van der Waals surface area contributed by atoms with Gasteiger partial charge in [0.15, 0.2) is 0 Å². The van der Waals surface area contributed by atoms with Gasteiger partial charge in [0.25, 0.3) is 15.9 Å². The number of benzene rings is 2. The second-order valence-electron chi connectivity index (χ2n) is 6.82. The maximum absolute atomic E-state index is 13.0. The zero-order valence-electron chi connectivity index (χ0n) is 18.2. The van der Waals surface area contributed by atoms with Crippen LogP contribution in [0.3, 0.4) is 0 Å². The Hall–Kier alpha value is -3.99. The molecule has 0 aliphatic carbocycles. The molecule has 0 spiro atoms. The number of methoxy groups -OCH3 is 2. The number of carbonyl (C=O) groups excluding carboxylic acids is 2. The highest BCUT2D eigenvalue weighted by molar-refractivity contribution is 7.92. The highest BCUT2D eigenvalue weighted by atomic mass is 32.2. The average Bonchev–Trinajstić information content (AvgIpc) is 3.23. The third-order valence-corrected chi connectivity index (χ3v) is 5.99. The minimum absolute atomic E-state index is 0.0951. The van der Waals surface area contributed by atoms with Gasteiger partial charge < -0.3 is 24.5 Å². The number of nitrogens with one attached hydrogen (secondary N) is 3. The maximum Gasteiger partial charge on any atom is 0.265 e. The Kier molecular flexibility index (Phi) is 7.23. The summed E-state index contributed by atoms with van der Waals surface area (Å²) in [6.07, 6.45) is 1.38. The molecule has 3 aromatic rings. The van der Waals surface area contributed by atoms with E-state index in [-0.39, 0.29) is 22.9 Å². The Morgan fingerprint density at radius 3 is 2.27 bits per heavy atom. The minimum Gasteiger partial charge on any atom is -0.497 e. The van der Waals surface area contributed by atoms with Crippen molar-refractivity contribution in [2.24, 2.45) is 0 Å². The van der Waals surface area contributed by atoms with Gasteiger partial charge >= 0.3 is 0 Å². The first-order chi connectivity index (χ1) is 15.7. The van der Waals surface area contributed by atoms with Crippen LogP contribution in [0, 0.1) is 6.92 Å². The molecule has 2 aromatic carbocycles. The van der Waals surface area contributed by atoms with E-state index in [1.165, 1.54) is 44.7 Å². The molecule has 0 bridgehead atoms. The molecule has 11 heteroatoms. The van der Waals surface area contributed by atoms with Gasteiger partial charge in [-0.05, 0) is 55.5 Å². The van der Waals surface area contributed by atoms with Crippen molar-refractivity contribution in [3.8, 4) is 11.5 Å². The van der Waals surface area contributed by atoms with Gasteiger partial charge in [-0.1, -0.05) is 0 Å². The Labute approximate surface area is 190 Å². The van der Waals surface area contributed by atoms with Crippen molar-refractivity contribution in [2.45, 2.75) is 11.8 Å². The second-order valence-corrected chi connectivity index (χ2v) is 8.47. The lowest BCUT2D eigenvalue weighted by atomic mass is 10.2. The smallest absolute Gasteiger partial charge is 0.265 e. The quantitative estimate of drug-likeness (QED) is 0.435. The Morgan fingerprint density at radius 2 is 1.67 bits per heavy atom. The number of carbonyl (C=O) groups is 2. The van der Waals surface area contributed by atoms with Crippen LogP contribution in [0.15, 0.2) is 64.1 Å². The zero-order chi connectivity index (χ0) is 24.0. The standard InChI is InChI=1S/C22H23N3O7S/c1-14-18(10-11-32-14)22(27)23-13-21(26)24-16-6-9-19(31-3)20(12-16)33(28,29)25-15-4-7-17(30-2)8-5-15/h4-12,25H,13H2,1-3H3,(H,23,27)(H,24,26). The summed E-state index contributed by atoms with van der Waals surface area (Å²) < 4.78 is 43.7. The maximum atomic E-state index is 13.0. The van der Waals surface area contributed by atoms with Gasteiger partial charge in [0.1, 0.15) is 22.2 Å². The lowest BCUT2D eigenvalue weighted by Crippen LogP contribution is -2.33. The molecule has 0 saturated carbocycles. The van der Waals surface area contributed by atoms with Crippen LogP contribution in [0.4, 0.5) is 11.4 Å². The first-order valence-electron chi connectivity index (χ1n) is 9.70.